The van der Waals surface area contributed by atoms with E-state index in [-0.39, 0.29) is 51.8 Å². The maximum Gasteiger partial charge on any atom is 0.343 e. The molecule has 0 fully saturated rings. The van der Waals surface area contributed by atoms with Gasteiger partial charge in [0.25, 0.3) is 5.56 Å². The molecule has 0 amide bonds. The van der Waals surface area contributed by atoms with Crippen LogP contribution in [0.2, 0.25) is 0 Å². The Morgan fingerprint density at radius 1 is 1.12 bits per heavy atom. The van der Waals surface area contributed by atoms with Crippen LogP contribution in [0.4, 0.5) is 5.69 Å². The smallest absolute Gasteiger partial charge is 0.343 e. The Morgan fingerprint density at radius 3 is 2.51 bits per heavy atom. The van der Waals surface area contributed by atoms with Crippen LogP contribution in [0.5, 0.6) is 23.0 Å². The van der Waals surface area contributed by atoms with E-state index in [0.29, 0.717) is 11.3 Å². The second-order valence-corrected chi connectivity index (χ2v) is 9.97. The number of rotatable bonds is 10. The lowest BCUT2D eigenvalue weighted by Gasteiger charge is -2.25. The summed E-state index contributed by atoms with van der Waals surface area (Å²) in [5.41, 5.74) is -0.534. The van der Waals surface area contributed by atoms with E-state index in [9.17, 15) is 34.7 Å². The molecule has 226 valence electrons. The molecule has 2 aromatic carbocycles. The number of ether oxygens (including phenoxy) is 4. The zero-order valence-corrected chi connectivity index (χ0v) is 24.3. The molecule has 0 radical (unpaired) electrons. The Morgan fingerprint density at radius 2 is 1.86 bits per heavy atom. The molecule has 43 heavy (non-hydrogen) atoms. The summed E-state index contributed by atoms with van der Waals surface area (Å²) in [4.78, 5) is 53.8. The zero-order valence-electron chi connectivity index (χ0n) is 23.5. The fourth-order valence-corrected chi connectivity index (χ4v) is 5.41. The maximum absolute atomic E-state index is 13.9. The minimum absolute atomic E-state index is 0.0417. The van der Waals surface area contributed by atoms with Crippen molar-refractivity contribution in [1.29, 1.82) is 0 Å². The van der Waals surface area contributed by atoms with Gasteiger partial charge in [0.15, 0.2) is 28.7 Å². The Bertz CT molecular complexity index is 1820. The van der Waals surface area contributed by atoms with Crippen LogP contribution in [-0.4, -0.2) is 58.6 Å². The number of hydrogen-bond donors (Lipinski definition) is 2. The molecular formula is C28H27N3O11S. The summed E-state index contributed by atoms with van der Waals surface area (Å²) in [6.45, 7) is 4.92. The van der Waals surface area contributed by atoms with Crippen LogP contribution in [-0.2, 0) is 19.1 Å². The van der Waals surface area contributed by atoms with Crippen LogP contribution in [0.25, 0.3) is 6.08 Å². The van der Waals surface area contributed by atoms with Gasteiger partial charge in [-0.05, 0) is 44.5 Å². The third-order valence-electron chi connectivity index (χ3n) is 6.28. The molecule has 2 heterocycles. The molecule has 0 spiro atoms. The molecule has 1 aromatic heterocycles. The molecule has 15 heteroatoms. The summed E-state index contributed by atoms with van der Waals surface area (Å²) in [6, 6.07) is 5.43. The first-order valence-electron chi connectivity index (χ1n) is 12.9. The lowest BCUT2D eigenvalue weighted by Crippen LogP contribution is -2.40. The summed E-state index contributed by atoms with van der Waals surface area (Å²) in [5.74, 6) is -2.06. The van der Waals surface area contributed by atoms with Crippen LogP contribution in [0.15, 0.2) is 51.4 Å². The lowest BCUT2D eigenvalue weighted by atomic mass is 9.95. The molecule has 0 saturated carbocycles. The number of nitro benzene ring substituents is 1. The van der Waals surface area contributed by atoms with Gasteiger partial charge in [-0.1, -0.05) is 17.4 Å². The van der Waals surface area contributed by atoms with Crippen molar-refractivity contribution in [3.05, 3.63) is 82.5 Å². The predicted molar refractivity (Wildman–Crippen MR) is 152 cm³/mol. The quantitative estimate of drug-likeness (QED) is 0.193. The minimum atomic E-state index is -1.03. The summed E-state index contributed by atoms with van der Waals surface area (Å²) in [5, 5.41) is 31.5. The van der Waals surface area contributed by atoms with Crippen LogP contribution >= 0.6 is 11.3 Å². The van der Waals surface area contributed by atoms with Gasteiger partial charge in [0.05, 0.1) is 47.1 Å². The van der Waals surface area contributed by atoms with Gasteiger partial charge in [-0.3, -0.25) is 19.5 Å². The highest BCUT2D eigenvalue weighted by atomic mass is 32.1. The molecule has 0 unspecified atom stereocenters. The number of nitrogens with zero attached hydrogens (tertiary/aromatic N) is 3. The Labute approximate surface area is 247 Å². The number of carbonyl (C=O) groups excluding carboxylic acids is 2. The third kappa shape index (κ3) is 6.21. The molecule has 1 aliphatic heterocycles. The molecular weight excluding hydrogens is 586 g/mol. The van der Waals surface area contributed by atoms with Gasteiger partial charge < -0.3 is 29.2 Å². The molecule has 0 bridgehead atoms. The highest BCUT2D eigenvalue weighted by Crippen LogP contribution is 2.37. The number of methoxy groups -OCH3 is 1. The number of aromatic hydroxyl groups is 2. The number of aromatic nitrogens is 1. The fraction of sp³-hybridized carbons (Fsp3) is 0.286. The standard InChI is InChI=1S/C28H27N3O11S/c1-5-40-21-10-15(7-8-20(21)42-13-23(34)39-4)25-24(27(36)41-6-2)14(3)29-28-30(25)26(35)22(43-28)11-16-9-17(31(37)38)19(33)12-18(16)32/h7-12,25,32-33H,5-6,13H2,1-4H3/b22-11-/t25-/m0/s1. The molecule has 0 aliphatic carbocycles. The van der Waals surface area contributed by atoms with E-state index in [2.05, 4.69) is 9.73 Å². The monoisotopic (exact) mass is 613 g/mol. The fourth-order valence-electron chi connectivity index (χ4n) is 4.37. The van der Waals surface area contributed by atoms with Crippen LogP contribution in [0, 0.1) is 10.1 Å². The number of allylic oxidation sites excluding steroid dienone is 1. The van der Waals surface area contributed by atoms with Crippen molar-refractivity contribution in [2.75, 3.05) is 26.9 Å². The Hall–Kier alpha value is -5.18. The maximum atomic E-state index is 13.9. The normalized spacial score (nSPS) is 14.5. The van der Waals surface area contributed by atoms with E-state index in [1.54, 1.807) is 32.9 Å². The number of fused-ring (bicyclic) bond motifs is 1. The second kappa shape index (κ2) is 12.8. The van der Waals surface area contributed by atoms with E-state index in [4.69, 9.17) is 14.2 Å². The van der Waals surface area contributed by atoms with E-state index in [1.807, 2.05) is 0 Å². The summed E-state index contributed by atoms with van der Waals surface area (Å²) < 4.78 is 22.5. The molecule has 1 atom stereocenters. The second-order valence-electron chi connectivity index (χ2n) is 8.96. The lowest BCUT2D eigenvalue weighted by molar-refractivity contribution is -0.385. The van der Waals surface area contributed by atoms with Crippen LogP contribution in [0.3, 0.4) is 0 Å². The van der Waals surface area contributed by atoms with Crippen molar-refractivity contribution in [3.63, 3.8) is 0 Å². The molecule has 3 aromatic rings. The van der Waals surface area contributed by atoms with Crippen molar-refractivity contribution in [2.24, 2.45) is 4.99 Å². The minimum Gasteiger partial charge on any atom is -0.507 e. The summed E-state index contributed by atoms with van der Waals surface area (Å²) >= 11 is 0.936. The van der Waals surface area contributed by atoms with Crippen molar-refractivity contribution in [2.45, 2.75) is 26.8 Å². The van der Waals surface area contributed by atoms with Gasteiger partial charge in [-0.25, -0.2) is 14.6 Å². The largest absolute Gasteiger partial charge is 0.507 e. The highest BCUT2D eigenvalue weighted by molar-refractivity contribution is 7.07. The van der Waals surface area contributed by atoms with Gasteiger partial charge in [0.1, 0.15) is 5.75 Å². The van der Waals surface area contributed by atoms with Gasteiger partial charge in [-0.15, -0.1) is 0 Å². The number of hydrogen-bond acceptors (Lipinski definition) is 13. The van der Waals surface area contributed by atoms with Crippen LogP contribution in [0.1, 0.15) is 37.9 Å². The number of esters is 2. The molecule has 14 nitrogen and oxygen atoms in total. The Balaban J connectivity index is 1.93. The van der Waals surface area contributed by atoms with Crippen molar-refractivity contribution in [1.82, 2.24) is 4.57 Å². The van der Waals surface area contributed by atoms with Crippen molar-refractivity contribution >= 4 is 35.0 Å². The molecule has 4 rings (SSSR count). The summed E-state index contributed by atoms with van der Waals surface area (Å²) in [6.07, 6.45) is 1.24. The average molecular weight is 614 g/mol. The van der Waals surface area contributed by atoms with Gasteiger partial charge in [0, 0.05) is 17.7 Å². The number of carbonyl (C=O) groups is 2. The molecule has 2 N–H and O–H groups in total. The van der Waals surface area contributed by atoms with Gasteiger partial charge in [-0.2, -0.15) is 0 Å². The Kier molecular flexibility index (Phi) is 9.14. The van der Waals surface area contributed by atoms with E-state index >= 15 is 0 Å². The van der Waals surface area contributed by atoms with Crippen molar-refractivity contribution in [3.8, 4) is 23.0 Å². The molecule has 1 aliphatic rings. The van der Waals surface area contributed by atoms with Crippen molar-refractivity contribution < 1.29 is 43.7 Å². The van der Waals surface area contributed by atoms with Crippen LogP contribution < -0.4 is 24.4 Å². The zero-order chi connectivity index (χ0) is 31.4. The number of thiazole rings is 1. The third-order valence-corrected chi connectivity index (χ3v) is 7.26. The predicted octanol–water partition coefficient (Wildman–Crippen LogP) is 2.07. The van der Waals surface area contributed by atoms with Gasteiger partial charge in [0.2, 0.25) is 0 Å². The SMILES string of the molecule is CCOC(=O)C1=C(C)N=c2s/c(=C\c3cc([N+](=O)[O-])c(O)cc3O)c(=O)n2[C@H]1c1ccc(OCC(=O)OC)c(OCC)c1. The first-order chi connectivity index (χ1) is 20.5. The molecule has 0 saturated heterocycles. The number of phenolic OH excluding ortho intramolecular Hbond substituents is 2. The first-order valence-corrected chi connectivity index (χ1v) is 13.7. The topological polar surface area (TPSA) is 189 Å². The average Bonchev–Trinajstić information content (AvgIpc) is 3.26. The van der Waals surface area contributed by atoms with E-state index < -0.39 is 45.6 Å². The van der Waals surface area contributed by atoms with E-state index in [1.165, 1.54) is 23.8 Å². The number of benzene rings is 2. The van der Waals surface area contributed by atoms with E-state index in [0.717, 1.165) is 23.5 Å². The first kappa shape index (κ1) is 30.8. The van der Waals surface area contributed by atoms with Gasteiger partial charge >= 0.3 is 17.6 Å². The highest BCUT2D eigenvalue weighted by Gasteiger charge is 2.34. The number of nitro groups is 1. The summed E-state index contributed by atoms with van der Waals surface area (Å²) in [7, 11) is 1.23. The number of phenols is 2.